The normalized spacial score (nSPS) is 26.1. The van der Waals surface area contributed by atoms with Gasteiger partial charge in [-0.3, -0.25) is 14.4 Å². The lowest BCUT2D eigenvalue weighted by atomic mass is 10.3. The molecule has 2 saturated carbocycles. The maximum atomic E-state index is 11.4. The number of carbonyl (C=O) groups excluding carboxylic acids is 2. The van der Waals surface area contributed by atoms with E-state index in [1.165, 1.54) is 0 Å². The van der Waals surface area contributed by atoms with E-state index in [0.717, 1.165) is 12.8 Å². The molecule has 2 aliphatic carbocycles. The standard InChI is InChI=1S/C11H16N2O4/c14-9(13-6-1-2-6)3-4-12-10(15)7-5-8(7)11(16)17/h6-8H,1-5H2,(H,12,15)(H,13,14)(H,16,17). The average molecular weight is 240 g/mol. The molecule has 0 saturated heterocycles. The zero-order valence-electron chi connectivity index (χ0n) is 9.44. The molecule has 2 amide bonds. The molecule has 2 fully saturated rings. The lowest BCUT2D eigenvalue weighted by Crippen LogP contribution is -2.32. The van der Waals surface area contributed by atoms with Crippen molar-refractivity contribution in [1.82, 2.24) is 10.6 Å². The largest absolute Gasteiger partial charge is 0.481 e. The van der Waals surface area contributed by atoms with Crippen LogP contribution in [0.3, 0.4) is 0 Å². The first kappa shape index (κ1) is 11.9. The number of carbonyl (C=O) groups is 3. The van der Waals surface area contributed by atoms with Gasteiger partial charge in [-0.2, -0.15) is 0 Å². The Morgan fingerprint density at radius 3 is 2.41 bits per heavy atom. The van der Waals surface area contributed by atoms with Crippen molar-refractivity contribution in [3.63, 3.8) is 0 Å². The van der Waals surface area contributed by atoms with E-state index in [-0.39, 0.29) is 24.8 Å². The lowest BCUT2D eigenvalue weighted by Gasteiger charge is -2.05. The van der Waals surface area contributed by atoms with Crippen molar-refractivity contribution in [2.75, 3.05) is 6.54 Å². The van der Waals surface area contributed by atoms with Crippen molar-refractivity contribution in [3.8, 4) is 0 Å². The van der Waals surface area contributed by atoms with E-state index in [1.807, 2.05) is 0 Å². The van der Waals surface area contributed by atoms with Crippen LogP contribution in [0.1, 0.15) is 25.7 Å². The SMILES string of the molecule is O=C(CCNC(=O)C1CC1C(=O)O)NC1CC1. The molecule has 0 aromatic rings. The molecule has 2 unspecified atom stereocenters. The third-order valence-corrected chi connectivity index (χ3v) is 3.04. The van der Waals surface area contributed by atoms with Gasteiger partial charge in [0.05, 0.1) is 11.8 Å². The van der Waals surface area contributed by atoms with Gasteiger partial charge in [-0.1, -0.05) is 0 Å². The summed E-state index contributed by atoms with van der Waals surface area (Å²) in [5.41, 5.74) is 0. The molecule has 0 heterocycles. The minimum Gasteiger partial charge on any atom is -0.481 e. The molecule has 0 radical (unpaired) electrons. The second-order valence-electron chi connectivity index (χ2n) is 4.67. The maximum Gasteiger partial charge on any atom is 0.307 e. The molecule has 2 aliphatic rings. The first-order valence-electron chi connectivity index (χ1n) is 5.88. The van der Waals surface area contributed by atoms with Crippen molar-refractivity contribution < 1.29 is 19.5 Å². The van der Waals surface area contributed by atoms with E-state index in [9.17, 15) is 14.4 Å². The first-order chi connectivity index (χ1) is 8.08. The Labute approximate surface area is 98.8 Å². The van der Waals surface area contributed by atoms with Gasteiger partial charge in [-0.25, -0.2) is 0 Å². The van der Waals surface area contributed by atoms with Gasteiger partial charge in [0.1, 0.15) is 0 Å². The van der Waals surface area contributed by atoms with Crippen LogP contribution in [0.4, 0.5) is 0 Å². The Bertz CT molecular complexity index is 351. The van der Waals surface area contributed by atoms with Crippen LogP contribution in [0, 0.1) is 11.8 Å². The van der Waals surface area contributed by atoms with Crippen molar-refractivity contribution >= 4 is 17.8 Å². The second kappa shape index (κ2) is 4.73. The number of carboxylic acid groups (broad SMARTS) is 1. The number of carboxylic acids is 1. The quantitative estimate of drug-likeness (QED) is 0.582. The van der Waals surface area contributed by atoms with E-state index in [0.29, 0.717) is 12.5 Å². The number of hydrogen-bond acceptors (Lipinski definition) is 3. The predicted octanol–water partition coefficient (Wildman–Crippen LogP) is -0.508. The predicted molar refractivity (Wildman–Crippen MR) is 58.0 cm³/mol. The highest BCUT2D eigenvalue weighted by Gasteiger charge is 2.48. The van der Waals surface area contributed by atoms with Crippen molar-refractivity contribution in [2.45, 2.75) is 31.7 Å². The van der Waals surface area contributed by atoms with E-state index in [1.54, 1.807) is 0 Å². The van der Waals surface area contributed by atoms with Crippen molar-refractivity contribution in [3.05, 3.63) is 0 Å². The van der Waals surface area contributed by atoms with E-state index < -0.39 is 17.8 Å². The molecule has 17 heavy (non-hydrogen) atoms. The molecule has 6 nitrogen and oxygen atoms in total. The van der Waals surface area contributed by atoms with Gasteiger partial charge in [-0.05, 0) is 19.3 Å². The molecule has 0 bridgehead atoms. The lowest BCUT2D eigenvalue weighted by molar-refractivity contribution is -0.140. The topological polar surface area (TPSA) is 95.5 Å². The fourth-order valence-corrected chi connectivity index (χ4v) is 1.72. The summed E-state index contributed by atoms with van der Waals surface area (Å²) < 4.78 is 0. The van der Waals surface area contributed by atoms with E-state index >= 15 is 0 Å². The van der Waals surface area contributed by atoms with E-state index in [2.05, 4.69) is 10.6 Å². The molecule has 0 aromatic carbocycles. The summed E-state index contributed by atoms with van der Waals surface area (Å²) in [6, 6.07) is 0.332. The Hall–Kier alpha value is -1.59. The second-order valence-corrected chi connectivity index (χ2v) is 4.67. The Balaban J connectivity index is 1.57. The smallest absolute Gasteiger partial charge is 0.307 e. The zero-order valence-corrected chi connectivity index (χ0v) is 9.44. The zero-order chi connectivity index (χ0) is 12.4. The highest BCUT2D eigenvalue weighted by atomic mass is 16.4. The van der Waals surface area contributed by atoms with Gasteiger partial charge in [0.2, 0.25) is 11.8 Å². The summed E-state index contributed by atoms with van der Waals surface area (Å²) in [6.07, 6.45) is 2.75. The first-order valence-corrected chi connectivity index (χ1v) is 5.88. The molecule has 3 N–H and O–H groups in total. The van der Waals surface area contributed by atoms with Crippen LogP contribution in [0.25, 0.3) is 0 Å². The third kappa shape index (κ3) is 3.44. The van der Waals surface area contributed by atoms with Gasteiger partial charge < -0.3 is 15.7 Å². The highest BCUT2D eigenvalue weighted by Crippen LogP contribution is 2.38. The van der Waals surface area contributed by atoms with Crippen LogP contribution in [0.2, 0.25) is 0 Å². The fraction of sp³-hybridized carbons (Fsp3) is 0.727. The summed E-state index contributed by atoms with van der Waals surface area (Å²) in [5, 5.41) is 14.1. The van der Waals surface area contributed by atoms with Crippen LogP contribution in [-0.2, 0) is 14.4 Å². The molecule has 6 heteroatoms. The van der Waals surface area contributed by atoms with Gasteiger partial charge in [0, 0.05) is 19.0 Å². The minimum absolute atomic E-state index is 0.0571. The maximum absolute atomic E-state index is 11.4. The summed E-state index contributed by atoms with van der Waals surface area (Å²) >= 11 is 0. The molecule has 2 rings (SSSR count). The summed E-state index contributed by atoms with van der Waals surface area (Å²) in [4.78, 5) is 33.2. The van der Waals surface area contributed by atoms with Crippen LogP contribution >= 0.6 is 0 Å². The number of rotatable bonds is 6. The fourth-order valence-electron chi connectivity index (χ4n) is 1.72. The Morgan fingerprint density at radius 1 is 1.18 bits per heavy atom. The third-order valence-electron chi connectivity index (χ3n) is 3.04. The van der Waals surface area contributed by atoms with Crippen molar-refractivity contribution in [2.24, 2.45) is 11.8 Å². The van der Waals surface area contributed by atoms with Gasteiger partial charge in [0.15, 0.2) is 0 Å². The van der Waals surface area contributed by atoms with Gasteiger partial charge in [0.25, 0.3) is 0 Å². The molecule has 94 valence electrons. The summed E-state index contributed by atoms with van der Waals surface area (Å²) in [7, 11) is 0. The highest BCUT2D eigenvalue weighted by molar-refractivity contribution is 5.89. The molecule has 2 atom stereocenters. The monoisotopic (exact) mass is 240 g/mol. The Morgan fingerprint density at radius 2 is 1.88 bits per heavy atom. The summed E-state index contributed by atoms with van der Waals surface area (Å²) in [6.45, 7) is 0.278. The minimum atomic E-state index is -0.920. The number of nitrogens with one attached hydrogen (secondary N) is 2. The van der Waals surface area contributed by atoms with E-state index in [4.69, 9.17) is 5.11 Å². The van der Waals surface area contributed by atoms with Gasteiger partial charge in [-0.15, -0.1) is 0 Å². The van der Waals surface area contributed by atoms with Crippen LogP contribution in [0.15, 0.2) is 0 Å². The number of aliphatic carboxylic acids is 1. The van der Waals surface area contributed by atoms with Gasteiger partial charge >= 0.3 is 5.97 Å². The Kier molecular flexibility index (Phi) is 3.31. The molecule has 0 aliphatic heterocycles. The molecule has 0 spiro atoms. The number of hydrogen-bond donors (Lipinski definition) is 3. The molecular weight excluding hydrogens is 224 g/mol. The molecule has 0 aromatic heterocycles. The van der Waals surface area contributed by atoms with Crippen LogP contribution < -0.4 is 10.6 Å². The number of amides is 2. The van der Waals surface area contributed by atoms with Crippen LogP contribution in [-0.4, -0.2) is 35.5 Å². The van der Waals surface area contributed by atoms with Crippen LogP contribution in [0.5, 0.6) is 0 Å². The molecular formula is C11H16N2O4. The summed E-state index contributed by atoms with van der Waals surface area (Å²) in [5.74, 6) is -2.17. The average Bonchev–Trinajstić information content (AvgIpc) is 3.11. The van der Waals surface area contributed by atoms with Crippen molar-refractivity contribution in [1.29, 1.82) is 0 Å².